The minimum Gasteiger partial charge on any atom is -0.508 e. The Kier molecular flexibility index (Phi) is 6.06. The molecule has 1 atom stereocenters. The first-order valence-corrected chi connectivity index (χ1v) is 9.20. The van der Waals surface area contributed by atoms with Crippen molar-refractivity contribution in [2.24, 2.45) is 0 Å². The van der Waals surface area contributed by atoms with Crippen LogP contribution in [-0.2, 0) is 4.79 Å². The van der Waals surface area contributed by atoms with Gasteiger partial charge >= 0.3 is 0 Å². The average molecular weight is 410 g/mol. The highest BCUT2D eigenvalue weighted by atomic mass is 16.6. The van der Waals surface area contributed by atoms with Crippen molar-refractivity contribution in [3.05, 3.63) is 70.0 Å². The van der Waals surface area contributed by atoms with Gasteiger partial charge < -0.3 is 19.5 Å². The van der Waals surface area contributed by atoms with Crippen molar-refractivity contribution in [3.8, 4) is 28.4 Å². The summed E-state index contributed by atoms with van der Waals surface area (Å²) in [7, 11) is 3.02. The molecule has 156 valence electrons. The summed E-state index contributed by atoms with van der Waals surface area (Å²) in [6.07, 6.45) is 6.40. The van der Waals surface area contributed by atoms with Gasteiger partial charge in [0.05, 0.1) is 14.2 Å². The number of ketones is 1. The molecule has 0 radical (unpaired) electrons. The van der Waals surface area contributed by atoms with Gasteiger partial charge in [-0.3, -0.25) is 14.9 Å². The lowest BCUT2D eigenvalue weighted by atomic mass is 9.86. The third-order valence-corrected chi connectivity index (χ3v) is 4.82. The highest BCUT2D eigenvalue weighted by Gasteiger charge is 2.33. The van der Waals surface area contributed by atoms with Gasteiger partial charge in [0.15, 0.2) is 17.3 Å². The number of nitro groups is 1. The van der Waals surface area contributed by atoms with Gasteiger partial charge in [0.1, 0.15) is 11.8 Å². The number of carbonyl (C=O) groups is 1. The fourth-order valence-electron chi connectivity index (χ4n) is 3.53. The molecule has 8 heteroatoms. The normalized spacial score (nSPS) is 15.2. The van der Waals surface area contributed by atoms with Crippen LogP contribution in [0, 0.1) is 10.1 Å². The number of hydrogen-bond acceptors (Lipinski definition) is 7. The maximum Gasteiger partial charge on any atom is 0.228 e. The van der Waals surface area contributed by atoms with E-state index in [1.54, 1.807) is 29.3 Å². The standard InChI is InChI=1S/C22H22N2O6/c1-14(25)8-10-23-11-9-16-12-19(29-2)22(30-3)21(15-4-6-17(26)7-5-15)20(16)18(23)13-24(27)28/h4-12,18,26H,13H2,1-3H3/b10-8-. The number of phenols is 1. The van der Waals surface area contributed by atoms with E-state index in [4.69, 9.17) is 9.47 Å². The van der Waals surface area contributed by atoms with Crippen molar-refractivity contribution in [2.45, 2.75) is 13.0 Å². The Labute approximate surface area is 173 Å². The molecule has 2 aromatic carbocycles. The molecule has 1 unspecified atom stereocenters. The molecule has 1 aliphatic rings. The first-order chi connectivity index (χ1) is 14.3. The second kappa shape index (κ2) is 8.69. The summed E-state index contributed by atoms with van der Waals surface area (Å²) < 4.78 is 11.1. The van der Waals surface area contributed by atoms with E-state index in [1.165, 1.54) is 45.6 Å². The molecular weight excluding hydrogens is 388 g/mol. The van der Waals surface area contributed by atoms with E-state index < -0.39 is 6.04 Å². The van der Waals surface area contributed by atoms with Crippen LogP contribution in [0.4, 0.5) is 0 Å². The Morgan fingerprint density at radius 3 is 2.53 bits per heavy atom. The van der Waals surface area contributed by atoms with Gasteiger partial charge in [0.2, 0.25) is 6.54 Å². The fourth-order valence-corrected chi connectivity index (χ4v) is 3.53. The maximum atomic E-state index is 11.5. The molecule has 8 nitrogen and oxygen atoms in total. The summed E-state index contributed by atoms with van der Waals surface area (Å²) in [6.45, 7) is 1.02. The highest BCUT2D eigenvalue weighted by molar-refractivity contribution is 5.87. The van der Waals surface area contributed by atoms with Crippen molar-refractivity contribution in [3.63, 3.8) is 0 Å². The summed E-state index contributed by atoms with van der Waals surface area (Å²) in [6, 6.07) is 7.59. The van der Waals surface area contributed by atoms with E-state index in [1.807, 2.05) is 6.08 Å². The molecule has 30 heavy (non-hydrogen) atoms. The van der Waals surface area contributed by atoms with Crippen LogP contribution in [-0.4, -0.2) is 41.5 Å². The number of rotatable bonds is 7. The molecule has 1 heterocycles. The van der Waals surface area contributed by atoms with E-state index in [-0.39, 0.29) is 23.0 Å². The lowest BCUT2D eigenvalue weighted by Gasteiger charge is -2.32. The molecule has 1 N–H and O–H groups in total. The zero-order valence-corrected chi connectivity index (χ0v) is 16.9. The number of carbonyl (C=O) groups excluding carboxylic acids is 1. The molecule has 0 saturated carbocycles. The summed E-state index contributed by atoms with van der Waals surface area (Å²) in [5.74, 6) is 0.847. The number of ether oxygens (including phenoxy) is 2. The van der Waals surface area contributed by atoms with Gasteiger partial charge in [-0.2, -0.15) is 0 Å². The van der Waals surface area contributed by atoms with Crippen molar-refractivity contribution in [1.29, 1.82) is 0 Å². The molecule has 0 spiro atoms. The molecule has 0 saturated heterocycles. The van der Waals surface area contributed by atoms with E-state index in [9.17, 15) is 20.0 Å². The predicted molar refractivity (Wildman–Crippen MR) is 112 cm³/mol. The Balaban J connectivity index is 2.31. The lowest BCUT2D eigenvalue weighted by Crippen LogP contribution is -2.29. The minimum atomic E-state index is -0.681. The number of hydrogen-bond donors (Lipinski definition) is 1. The Morgan fingerprint density at radius 2 is 1.97 bits per heavy atom. The highest BCUT2D eigenvalue weighted by Crippen LogP contribution is 2.48. The number of benzene rings is 2. The first kappa shape index (κ1) is 20.9. The lowest BCUT2D eigenvalue weighted by molar-refractivity contribution is -0.486. The van der Waals surface area contributed by atoms with Crippen LogP contribution in [0.1, 0.15) is 24.1 Å². The van der Waals surface area contributed by atoms with E-state index in [0.29, 0.717) is 28.2 Å². The van der Waals surface area contributed by atoms with Gasteiger partial charge in [0.25, 0.3) is 0 Å². The quantitative estimate of drug-likeness (QED) is 0.421. The molecule has 0 fully saturated rings. The molecular formula is C22H22N2O6. The first-order valence-electron chi connectivity index (χ1n) is 9.20. The van der Waals surface area contributed by atoms with Crippen molar-refractivity contribution < 1.29 is 24.3 Å². The Hall–Kier alpha value is -3.81. The van der Waals surface area contributed by atoms with Gasteiger partial charge in [-0.1, -0.05) is 12.1 Å². The van der Waals surface area contributed by atoms with Gasteiger partial charge in [-0.25, -0.2) is 0 Å². The second-order valence-electron chi connectivity index (χ2n) is 6.76. The molecule has 0 amide bonds. The number of nitrogens with zero attached hydrogens (tertiary/aromatic N) is 2. The van der Waals surface area contributed by atoms with E-state index >= 15 is 0 Å². The van der Waals surface area contributed by atoms with Crippen molar-refractivity contribution >= 4 is 11.9 Å². The molecule has 2 aromatic rings. The number of methoxy groups -OCH3 is 2. The Morgan fingerprint density at radius 1 is 1.27 bits per heavy atom. The SMILES string of the molecule is COc1cc2c(c(-c3ccc(O)cc3)c1OC)C(C[N+](=O)[O-])N(/C=C\C(C)=O)C=C2. The number of aromatic hydroxyl groups is 1. The van der Waals surface area contributed by atoms with Crippen molar-refractivity contribution in [1.82, 2.24) is 4.90 Å². The number of allylic oxidation sites excluding steroid dienone is 1. The average Bonchev–Trinajstić information content (AvgIpc) is 2.71. The van der Waals surface area contributed by atoms with Gasteiger partial charge in [0, 0.05) is 28.5 Å². The number of fused-ring (bicyclic) bond motifs is 1. The maximum absolute atomic E-state index is 11.5. The zero-order valence-electron chi connectivity index (χ0n) is 16.9. The van der Waals surface area contributed by atoms with Gasteiger partial charge in [-0.15, -0.1) is 0 Å². The second-order valence-corrected chi connectivity index (χ2v) is 6.76. The van der Waals surface area contributed by atoms with Crippen LogP contribution < -0.4 is 9.47 Å². The van der Waals surface area contributed by atoms with Crippen LogP contribution >= 0.6 is 0 Å². The predicted octanol–water partition coefficient (Wildman–Crippen LogP) is 3.78. The van der Waals surface area contributed by atoms with Crippen LogP contribution in [0.3, 0.4) is 0 Å². The number of phenolic OH excluding ortho intramolecular Hbond substituents is 1. The Bertz CT molecular complexity index is 1030. The monoisotopic (exact) mass is 410 g/mol. The molecule has 0 bridgehead atoms. The van der Waals surface area contributed by atoms with Crippen LogP contribution in [0.2, 0.25) is 0 Å². The summed E-state index contributed by atoms with van der Waals surface area (Å²) >= 11 is 0. The molecule has 3 rings (SSSR count). The zero-order chi connectivity index (χ0) is 21.8. The largest absolute Gasteiger partial charge is 0.508 e. The van der Waals surface area contributed by atoms with Crippen LogP contribution in [0.5, 0.6) is 17.2 Å². The van der Waals surface area contributed by atoms with Crippen molar-refractivity contribution in [2.75, 3.05) is 20.8 Å². The van der Waals surface area contributed by atoms with Gasteiger partial charge in [-0.05, 0) is 48.4 Å². The summed E-state index contributed by atoms with van der Waals surface area (Å²) in [5.41, 5.74) is 2.75. The third-order valence-electron chi connectivity index (χ3n) is 4.82. The summed E-state index contributed by atoms with van der Waals surface area (Å²) in [5, 5.41) is 21.2. The van der Waals surface area contributed by atoms with E-state index in [2.05, 4.69) is 0 Å². The summed E-state index contributed by atoms with van der Waals surface area (Å²) in [4.78, 5) is 24.2. The fraction of sp³-hybridized carbons (Fsp3) is 0.227. The minimum absolute atomic E-state index is 0.0993. The molecule has 1 aliphatic heterocycles. The third kappa shape index (κ3) is 4.12. The van der Waals surface area contributed by atoms with Crippen LogP contribution in [0.25, 0.3) is 17.2 Å². The van der Waals surface area contributed by atoms with E-state index in [0.717, 1.165) is 5.56 Å². The molecule has 0 aliphatic carbocycles. The topological polar surface area (TPSA) is 102 Å². The smallest absolute Gasteiger partial charge is 0.228 e. The van der Waals surface area contributed by atoms with Crippen LogP contribution in [0.15, 0.2) is 48.8 Å². The molecule has 0 aromatic heterocycles.